The lowest BCUT2D eigenvalue weighted by Gasteiger charge is -2.10. The number of nitrogens with one attached hydrogen (secondary N) is 1. The Hall–Kier alpha value is -1.83. The van der Waals surface area contributed by atoms with Gasteiger partial charge in [-0.25, -0.2) is 22.0 Å². The molecule has 0 amide bonds. The molecule has 0 saturated carbocycles. The van der Waals surface area contributed by atoms with Gasteiger partial charge in [0.25, 0.3) is 0 Å². The van der Waals surface area contributed by atoms with Crippen LogP contribution in [0.3, 0.4) is 0 Å². The summed E-state index contributed by atoms with van der Waals surface area (Å²) >= 11 is 1.20. The van der Waals surface area contributed by atoms with Crippen LogP contribution in [0.15, 0.2) is 11.4 Å². The van der Waals surface area contributed by atoms with Gasteiger partial charge >= 0.3 is 0 Å². The first kappa shape index (κ1) is 13.6. The summed E-state index contributed by atoms with van der Waals surface area (Å²) in [6, 6.07) is 1.57. The third kappa shape index (κ3) is 2.35. The van der Waals surface area contributed by atoms with Crippen molar-refractivity contribution in [3.8, 4) is 0 Å². The Labute approximate surface area is 108 Å². The monoisotopic (exact) mass is 294 g/mol. The number of halogens is 5. The minimum Gasteiger partial charge on any atom is -0.398 e. The quantitative estimate of drug-likeness (QED) is 0.515. The Bertz CT molecular complexity index is 597. The second-order valence-corrected chi connectivity index (χ2v) is 4.60. The van der Waals surface area contributed by atoms with Crippen molar-refractivity contribution < 1.29 is 22.0 Å². The number of nitrogens with two attached hydrogens (primary N) is 1. The molecule has 3 N–H and O–H groups in total. The fourth-order valence-electron chi connectivity index (χ4n) is 1.42. The van der Waals surface area contributed by atoms with Gasteiger partial charge in [0.2, 0.25) is 5.82 Å². The molecule has 19 heavy (non-hydrogen) atoms. The molecule has 1 aromatic carbocycles. The highest BCUT2D eigenvalue weighted by Crippen LogP contribution is 2.28. The molecule has 0 fully saturated rings. The summed E-state index contributed by atoms with van der Waals surface area (Å²) in [5.41, 5.74) is 4.85. The molecule has 0 bridgehead atoms. The number of hydrogen-bond acceptors (Lipinski definition) is 3. The van der Waals surface area contributed by atoms with Gasteiger partial charge in [-0.2, -0.15) is 0 Å². The van der Waals surface area contributed by atoms with Gasteiger partial charge in [0.05, 0.1) is 6.54 Å². The maximum Gasteiger partial charge on any atom is 0.200 e. The summed E-state index contributed by atoms with van der Waals surface area (Å²) in [6.45, 7) is -0.137. The van der Waals surface area contributed by atoms with Crippen LogP contribution in [0.1, 0.15) is 4.88 Å². The number of anilines is 2. The molecule has 0 radical (unpaired) electrons. The molecule has 0 aliphatic rings. The zero-order valence-electron chi connectivity index (χ0n) is 9.24. The van der Waals surface area contributed by atoms with E-state index < -0.39 is 34.8 Å². The summed E-state index contributed by atoms with van der Waals surface area (Å²) in [5.74, 6) is -9.95. The van der Waals surface area contributed by atoms with Crippen LogP contribution >= 0.6 is 11.3 Å². The molecule has 102 valence electrons. The molecule has 2 nitrogen and oxygen atoms in total. The van der Waals surface area contributed by atoms with Gasteiger partial charge in [0.1, 0.15) is 5.69 Å². The average molecular weight is 294 g/mol. The smallest absolute Gasteiger partial charge is 0.200 e. The van der Waals surface area contributed by atoms with Crippen molar-refractivity contribution in [1.29, 1.82) is 0 Å². The number of rotatable bonds is 3. The van der Waals surface area contributed by atoms with Crippen molar-refractivity contribution in [3.05, 3.63) is 45.4 Å². The van der Waals surface area contributed by atoms with Crippen LogP contribution < -0.4 is 11.1 Å². The van der Waals surface area contributed by atoms with E-state index in [1.54, 1.807) is 11.4 Å². The first-order valence-electron chi connectivity index (χ1n) is 5.00. The summed E-state index contributed by atoms with van der Waals surface area (Å²) in [7, 11) is 0. The summed E-state index contributed by atoms with van der Waals surface area (Å²) in [6.07, 6.45) is 0. The van der Waals surface area contributed by atoms with Gasteiger partial charge < -0.3 is 11.1 Å². The number of nitrogen functional groups attached to an aromatic ring is 1. The molecular formula is C11H7F5N2S. The van der Waals surface area contributed by atoms with E-state index >= 15 is 0 Å². The lowest BCUT2D eigenvalue weighted by molar-refractivity contribution is 0.381. The fraction of sp³-hybridized carbons (Fsp3) is 0.0909. The van der Waals surface area contributed by atoms with Crippen LogP contribution in [0.2, 0.25) is 0 Å². The molecule has 0 aliphatic carbocycles. The van der Waals surface area contributed by atoms with Crippen molar-refractivity contribution in [3.63, 3.8) is 0 Å². The Morgan fingerprint density at radius 2 is 1.47 bits per heavy atom. The molecule has 8 heteroatoms. The SMILES string of the molecule is Nc1ccsc1CNc1c(F)c(F)c(F)c(F)c1F. The summed E-state index contributed by atoms with van der Waals surface area (Å²) in [5, 5.41) is 3.81. The van der Waals surface area contributed by atoms with Gasteiger partial charge in [-0.15, -0.1) is 11.3 Å². The first-order chi connectivity index (χ1) is 8.93. The van der Waals surface area contributed by atoms with E-state index in [9.17, 15) is 22.0 Å². The molecule has 0 atom stereocenters. The predicted octanol–water partition coefficient (Wildman–Crippen LogP) is 3.64. The summed E-state index contributed by atoms with van der Waals surface area (Å²) in [4.78, 5) is 0.531. The highest BCUT2D eigenvalue weighted by Gasteiger charge is 2.25. The third-order valence-electron chi connectivity index (χ3n) is 2.42. The maximum atomic E-state index is 13.3. The molecule has 0 saturated heterocycles. The number of hydrogen-bond donors (Lipinski definition) is 2. The number of thiophene rings is 1. The van der Waals surface area contributed by atoms with Gasteiger partial charge in [-0.1, -0.05) is 0 Å². The van der Waals surface area contributed by atoms with Crippen molar-refractivity contribution in [2.45, 2.75) is 6.54 Å². The van der Waals surface area contributed by atoms with Gasteiger partial charge in [-0.05, 0) is 11.4 Å². The van der Waals surface area contributed by atoms with E-state index in [0.717, 1.165) is 0 Å². The van der Waals surface area contributed by atoms with E-state index in [1.165, 1.54) is 11.3 Å². The second kappa shape index (κ2) is 5.04. The Balaban J connectivity index is 2.33. The molecule has 2 aromatic rings. The Morgan fingerprint density at radius 3 is 1.95 bits per heavy atom. The molecule has 1 aromatic heterocycles. The second-order valence-electron chi connectivity index (χ2n) is 3.60. The minimum absolute atomic E-state index is 0.137. The van der Waals surface area contributed by atoms with Crippen LogP contribution in [-0.4, -0.2) is 0 Å². The van der Waals surface area contributed by atoms with Crippen LogP contribution in [0, 0.1) is 29.1 Å². The highest BCUT2D eigenvalue weighted by molar-refractivity contribution is 7.10. The first-order valence-corrected chi connectivity index (χ1v) is 5.88. The van der Waals surface area contributed by atoms with Crippen molar-refractivity contribution in [2.24, 2.45) is 0 Å². The fourth-order valence-corrected chi connectivity index (χ4v) is 2.16. The minimum atomic E-state index is -2.18. The highest BCUT2D eigenvalue weighted by atomic mass is 32.1. The third-order valence-corrected chi connectivity index (χ3v) is 3.35. The average Bonchev–Trinajstić information content (AvgIpc) is 2.80. The maximum absolute atomic E-state index is 13.3. The van der Waals surface area contributed by atoms with E-state index in [-0.39, 0.29) is 6.54 Å². The summed E-state index contributed by atoms with van der Waals surface area (Å²) < 4.78 is 65.3. The van der Waals surface area contributed by atoms with E-state index in [1.807, 2.05) is 0 Å². The van der Waals surface area contributed by atoms with Crippen LogP contribution in [0.4, 0.5) is 33.3 Å². The van der Waals surface area contributed by atoms with E-state index in [4.69, 9.17) is 5.73 Å². The number of benzene rings is 1. The molecule has 0 unspecified atom stereocenters. The van der Waals surface area contributed by atoms with Crippen LogP contribution in [0.5, 0.6) is 0 Å². The van der Waals surface area contributed by atoms with Gasteiger partial charge in [0, 0.05) is 10.6 Å². The van der Waals surface area contributed by atoms with Crippen LogP contribution in [0.25, 0.3) is 0 Å². The van der Waals surface area contributed by atoms with E-state index in [0.29, 0.717) is 10.6 Å². The lowest BCUT2D eigenvalue weighted by atomic mass is 10.2. The lowest BCUT2D eigenvalue weighted by Crippen LogP contribution is -2.09. The van der Waals surface area contributed by atoms with Crippen LogP contribution in [-0.2, 0) is 6.54 Å². The largest absolute Gasteiger partial charge is 0.398 e. The topological polar surface area (TPSA) is 38.0 Å². The van der Waals surface area contributed by atoms with Gasteiger partial charge in [0.15, 0.2) is 23.3 Å². The van der Waals surface area contributed by atoms with Crippen molar-refractivity contribution >= 4 is 22.7 Å². The van der Waals surface area contributed by atoms with Gasteiger partial charge in [-0.3, -0.25) is 0 Å². The zero-order valence-corrected chi connectivity index (χ0v) is 10.1. The zero-order chi connectivity index (χ0) is 14.2. The van der Waals surface area contributed by atoms with Crippen molar-refractivity contribution in [2.75, 3.05) is 11.1 Å². The van der Waals surface area contributed by atoms with E-state index in [2.05, 4.69) is 5.32 Å². The molecule has 0 spiro atoms. The molecule has 1 heterocycles. The normalized spacial score (nSPS) is 10.8. The molecular weight excluding hydrogens is 287 g/mol. The molecule has 0 aliphatic heterocycles. The Morgan fingerprint density at radius 1 is 0.947 bits per heavy atom. The predicted molar refractivity (Wildman–Crippen MR) is 62.3 cm³/mol. The Kier molecular flexibility index (Phi) is 3.61. The molecule has 2 rings (SSSR count). The standard InChI is InChI=1S/C11H7F5N2S/c12-6-7(13)9(15)11(10(16)8(6)14)18-3-5-4(17)1-2-19-5/h1-2,18H,3,17H2. The van der Waals surface area contributed by atoms with Crippen molar-refractivity contribution in [1.82, 2.24) is 0 Å².